The number of anilines is 2. The summed E-state index contributed by atoms with van der Waals surface area (Å²) in [5, 5.41) is 9.25. The fourth-order valence-electron chi connectivity index (χ4n) is 3.41. The second kappa shape index (κ2) is 9.24. The molecule has 1 atom stereocenters. The SMILES string of the molecule is CCOC(Cc1ccc(OCN2c3ccccc3Sc3ccccc32)cc1)C(=O)O. The Morgan fingerprint density at radius 1 is 0.967 bits per heavy atom. The number of ether oxygens (including phenoxy) is 2. The van der Waals surface area contributed by atoms with E-state index in [0.29, 0.717) is 19.8 Å². The van der Waals surface area contributed by atoms with E-state index in [0.717, 1.165) is 22.7 Å². The minimum Gasteiger partial charge on any atom is -0.479 e. The average molecular weight is 422 g/mol. The highest BCUT2D eigenvalue weighted by molar-refractivity contribution is 7.99. The van der Waals surface area contributed by atoms with E-state index >= 15 is 0 Å². The van der Waals surface area contributed by atoms with E-state index in [9.17, 15) is 9.90 Å². The van der Waals surface area contributed by atoms with Crippen LogP contribution in [0.15, 0.2) is 82.6 Å². The summed E-state index contributed by atoms with van der Waals surface area (Å²) >= 11 is 1.76. The van der Waals surface area contributed by atoms with Gasteiger partial charge in [-0.3, -0.25) is 0 Å². The Morgan fingerprint density at radius 3 is 2.13 bits per heavy atom. The van der Waals surface area contributed by atoms with Crippen LogP contribution in [0.4, 0.5) is 11.4 Å². The molecule has 1 aliphatic heterocycles. The van der Waals surface area contributed by atoms with Gasteiger partial charge in [0.15, 0.2) is 12.8 Å². The predicted molar refractivity (Wildman–Crippen MR) is 118 cm³/mol. The predicted octanol–water partition coefficient (Wildman–Crippen LogP) is 5.36. The van der Waals surface area contributed by atoms with Gasteiger partial charge in [-0.2, -0.15) is 0 Å². The monoisotopic (exact) mass is 421 g/mol. The summed E-state index contributed by atoms with van der Waals surface area (Å²) in [6.07, 6.45) is -0.506. The van der Waals surface area contributed by atoms with Gasteiger partial charge in [-0.25, -0.2) is 4.79 Å². The Morgan fingerprint density at radius 2 is 1.57 bits per heavy atom. The van der Waals surface area contributed by atoms with E-state index in [-0.39, 0.29) is 0 Å². The van der Waals surface area contributed by atoms with E-state index in [1.807, 2.05) is 48.5 Å². The first-order chi connectivity index (χ1) is 14.7. The second-order valence-corrected chi connectivity index (χ2v) is 7.95. The van der Waals surface area contributed by atoms with Crippen LogP contribution in [-0.4, -0.2) is 30.5 Å². The highest BCUT2D eigenvalue weighted by Crippen LogP contribution is 2.47. The Balaban J connectivity index is 1.47. The molecule has 0 bridgehead atoms. The highest BCUT2D eigenvalue weighted by Gasteiger charge is 2.23. The molecule has 6 heteroatoms. The summed E-state index contributed by atoms with van der Waals surface area (Å²) in [5.74, 6) is -0.215. The number of benzene rings is 3. The molecule has 4 rings (SSSR count). The molecule has 1 aliphatic rings. The van der Waals surface area contributed by atoms with Crippen molar-refractivity contribution in [3.63, 3.8) is 0 Å². The Labute approximate surface area is 180 Å². The molecule has 0 aliphatic carbocycles. The first kappa shape index (κ1) is 20.3. The molecular formula is C24H23NO4S. The van der Waals surface area contributed by atoms with Crippen molar-refractivity contribution in [3.8, 4) is 5.75 Å². The van der Waals surface area contributed by atoms with E-state index in [1.54, 1.807) is 18.7 Å². The molecule has 0 saturated heterocycles. The van der Waals surface area contributed by atoms with Gasteiger partial charge in [-0.15, -0.1) is 0 Å². The maximum absolute atomic E-state index is 11.3. The Hall–Kier alpha value is -2.96. The van der Waals surface area contributed by atoms with Crippen LogP contribution in [0.2, 0.25) is 0 Å². The molecule has 1 N–H and O–H groups in total. The zero-order valence-corrected chi connectivity index (χ0v) is 17.5. The van der Waals surface area contributed by atoms with Crippen molar-refractivity contribution in [1.82, 2.24) is 0 Å². The number of fused-ring (bicyclic) bond motifs is 2. The number of para-hydroxylation sites is 2. The maximum atomic E-state index is 11.3. The fraction of sp³-hybridized carbons (Fsp3) is 0.208. The van der Waals surface area contributed by atoms with Crippen molar-refractivity contribution in [3.05, 3.63) is 78.4 Å². The molecule has 1 heterocycles. The van der Waals surface area contributed by atoms with Crippen LogP contribution in [0.25, 0.3) is 0 Å². The van der Waals surface area contributed by atoms with Crippen molar-refractivity contribution in [2.24, 2.45) is 0 Å². The Kier molecular flexibility index (Phi) is 6.26. The van der Waals surface area contributed by atoms with Crippen molar-refractivity contribution in [2.75, 3.05) is 18.2 Å². The zero-order chi connectivity index (χ0) is 20.9. The normalized spacial score (nSPS) is 13.3. The molecule has 3 aromatic carbocycles. The second-order valence-electron chi connectivity index (χ2n) is 6.87. The smallest absolute Gasteiger partial charge is 0.333 e. The molecule has 3 aromatic rings. The quantitative estimate of drug-likeness (QED) is 0.529. The third-order valence-corrected chi connectivity index (χ3v) is 6.01. The summed E-state index contributed by atoms with van der Waals surface area (Å²) < 4.78 is 11.4. The van der Waals surface area contributed by atoms with E-state index in [1.165, 1.54) is 9.79 Å². The van der Waals surface area contributed by atoms with Crippen molar-refractivity contribution in [2.45, 2.75) is 29.2 Å². The number of aliphatic carboxylic acids is 1. The van der Waals surface area contributed by atoms with Gasteiger partial charge in [0.1, 0.15) is 5.75 Å². The number of carboxylic acids is 1. The van der Waals surface area contributed by atoms with Crippen LogP contribution in [0, 0.1) is 0 Å². The molecule has 0 spiro atoms. The summed E-state index contributed by atoms with van der Waals surface area (Å²) in [6.45, 7) is 2.54. The van der Waals surface area contributed by atoms with Gasteiger partial charge >= 0.3 is 5.97 Å². The molecule has 1 unspecified atom stereocenters. The van der Waals surface area contributed by atoms with Gasteiger partial charge < -0.3 is 19.5 Å². The fourth-order valence-corrected chi connectivity index (χ4v) is 4.51. The van der Waals surface area contributed by atoms with Gasteiger partial charge in [-0.05, 0) is 48.9 Å². The molecule has 0 aromatic heterocycles. The number of carboxylic acid groups (broad SMARTS) is 1. The van der Waals surface area contributed by atoms with Crippen LogP contribution < -0.4 is 9.64 Å². The van der Waals surface area contributed by atoms with Crippen molar-refractivity contribution >= 4 is 29.1 Å². The number of hydrogen-bond acceptors (Lipinski definition) is 5. The summed E-state index contributed by atoms with van der Waals surface area (Å²) in [4.78, 5) is 15.9. The Bertz CT molecular complexity index is 976. The standard InChI is InChI=1S/C24H23NO4S/c1-2-28-21(24(26)27)15-17-11-13-18(14-12-17)29-16-25-19-7-3-5-9-22(19)30-23-10-6-4-8-20(23)25/h3-14,21H,2,15-16H2,1H3,(H,26,27). The van der Waals surface area contributed by atoms with Crippen LogP contribution in [0.1, 0.15) is 12.5 Å². The van der Waals surface area contributed by atoms with Crippen molar-refractivity contribution < 1.29 is 19.4 Å². The highest BCUT2D eigenvalue weighted by atomic mass is 32.2. The van der Waals surface area contributed by atoms with E-state index < -0.39 is 12.1 Å². The minimum absolute atomic E-state index is 0.327. The topological polar surface area (TPSA) is 59.0 Å². The molecule has 0 amide bonds. The molecule has 0 saturated carbocycles. The summed E-state index contributed by atoms with van der Waals surface area (Å²) in [6, 6.07) is 24.1. The molecule has 0 radical (unpaired) electrons. The lowest BCUT2D eigenvalue weighted by atomic mass is 10.1. The lowest BCUT2D eigenvalue weighted by molar-refractivity contribution is -0.149. The van der Waals surface area contributed by atoms with Gasteiger partial charge in [0.2, 0.25) is 0 Å². The van der Waals surface area contributed by atoms with Crippen LogP contribution in [0.3, 0.4) is 0 Å². The number of nitrogens with zero attached hydrogens (tertiary/aromatic N) is 1. The van der Waals surface area contributed by atoms with Gasteiger partial charge in [-0.1, -0.05) is 48.2 Å². The van der Waals surface area contributed by atoms with E-state index in [4.69, 9.17) is 9.47 Å². The van der Waals surface area contributed by atoms with Crippen LogP contribution in [0.5, 0.6) is 5.75 Å². The maximum Gasteiger partial charge on any atom is 0.333 e. The average Bonchev–Trinajstić information content (AvgIpc) is 2.77. The molecule has 0 fully saturated rings. The lowest BCUT2D eigenvalue weighted by Crippen LogP contribution is -2.26. The minimum atomic E-state index is -0.947. The molecule has 30 heavy (non-hydrogen) atoms. The van der Waals surface area contributed by atoms with Gasteiger partial charge in [0.25, 0.3) is 0 Å². The number of hydrogen-bond donors (Lipinski definition) is 1. The van der Waals surface area contributed by atoms with Crippen molar-refractivity contribution in [1.29, 1.82) is 0 Å². The zero-order valence-electron chi connectivity index (χ0n) is 16.7. The summed E-state index contributed by atoms with van der Waals surface area (Å²) in [7, 11) is 0. The number of carbonyl (C=O) groups is 1. The first-order valence-electron chi connectivity index (χ1n) is 9.85. The summed E-state index contributed by atoms with van der Waals surface area (Å²) in [5.41, 5.74) is 3.14. The van der Waals surface area contributed by atoms with E-state index in [2.05, 4.69) is 29.2 Å². The van der Waals surface area contributed by atoms with Crippen LogP contribution >= 0.6 is 11.8 Å². The first-order valence-corrected chi connectivity index (χ1v) is 10.7. The third kappa shape index (κ3) is 4.45. The number of rotatable bonds is 8. The van der Waals surface area contributed by atoms with Gasteiger partial charge in [0.05, 0.1) is 11.4 Å². The van der Waals surface area contributed by atoms with Gasteiger partial charge in [0, 0.05) is 22.8 Å². The molecule has 5 nitrogen and oxygen atoms in total. The molecule has 154 valence electrons. The largest absolute Gasteiger partial charge is 0.479 e. The molecular weight excluding hydrogens is 398 g/mol. The lowest BCUT2D eigenvalue weighted by Gasteiger charge is -2.32. The third-order valence-electron chi connectivity index (χ3n) is 4.88. The van der Waals surface area contributed by atoms with Crippen LogP contribution in [-0.2, 0) is 16.0 Å².